The quantitative estimate of drug-likeness (QED) is 0.779. The van der Waals surface area contributed by atoms with Crippen molar-refractivity contribution < 1.29 is 4.79 Å². The number of carbonyl (C=O) groups excluding carboxylic acids is 1. The monoisotopic (exact) mass is 340 g/mol. The number of aromatic amines is 1. The molecule has 0 atom stereocenters. The summed E-state index contributed by atoms with van der Waals surface area (Å²) in [5.74, 6) is 0.0658. The van der Waals surface area contributed by atoms with Crippen molar-refractivity contribution in [3.8, 4) is 0 Å². The molecule has 0 bridgehead atoms. The molecular formula is C18H20N4OS. The zero-order valence-corrected chi connectivity index (χ0v) is 14.9. The number of thiazole rings is 1. The van der Waals surface area contributed by atoms with Gasteiger partial charge in [-0.15, -0.1) is 0 Å². The molecule has 3 heterocycles. The first-order chi connectivity index (χ1) is 11.5. The molecule has 1 amide bonds. The number of nitrogens with zero attached hydrogens (tertiary/aromatic N) is 3. The fourth-order valence-electron chi connectivity index (χ4n) is 3.14. The van der Waals surface area contributed by atoms with E-state index in [0.717, 1.165) is 34.7 Å². The highest BCUT2D eigenvalue weighted by Gasteiger charge is 2.26. The minimum Gasteiger partial charge on any atom is -0.354 e. The predicted molar refractivity (Wildman–Crippen MR) is 97.9 cm³/mol. The maximum absolute atomic E-state index is 12.9. The van der Waals surface area contributed by atoms with E-state index in [1.807, 2.05) is 42.1 Å². The van der Waals surface area contributed by atoms with Gasteiger partial charge in [0.15, 0.2) is 5.13 Å². The van der Waals surface area contributed by atoms with Gasteiger partial charge in [0.2, 0.25) is 0 Å². The van der Waals surface area contributed by atoms with Crippen LogP contribution in [-0.2, 0) is 13.0 Å². The van der Waals surface area contributed by atoms with Gasteiger partial charge in [0.1, 0.15) is 5.69 Å². The number of anilines is 1. The van der Waals surface area contributed by atoms with Gasteiger partial charge in [-0.3, -0.25) is 4.79 Å². The number of aromatic nitrogens is 2. The Bertz CT molecular complexity index is 924. The Balaban J connectivity index is 1.61. The lowest BCUT2D eigenvalue weighted by molar-refractivity contribution is 0.0731. The summed E-state index contributed by atoms with van der Waals surface area (Å²) in [6, 6.07) is 8.06. The van der Waals surface area contributed by atoms with Crippen LogP contribution >= 0.6 is 11.3 Å². The molecule has 1 aliphatic rings. The molecule has 0 radical (unpaired) electrons. The maximum atomic E-state index is 12.9. The first kappa shape index (κ1) is 15.2. The number of nitrogens with one attached hydrogen (secondary N) is 1. The summed E-state index contributed by atoms with van der Waals surface area (Å²) >= 11 is 1.68. The third-order valence-corrected chi connectivity index (χ3v) is 5.75. The summed E-state index contributed by atoms with van der Waals surface area (Å²) < 4.78 is 0. The van der Waals surface area contributed by atoms with Gasteiger partial charge in [-0.05, 0) is 24.6 Å². The van der Waals surface area contributed by atoms with E-state index in [4.69, 9.17) is 0 Å². The van der Waals surface area contributed by atoms with E-state index < -0.39 is 0 Å². The van der Waals surface area contributed by atoms with E-state index in [1.165, 1.54) is 10.4 Å². The number of carbonyl (C=O) groups is 1. The van der Waals surface area contributed by atoms with Gasteiger partial charge in [0, 0.05) is 42.8 Å². The van der Waals surface area contributed by atoms with Crippen LogP contribution in [0, 0.1) is 6.92 Å². The van der Waals surface area contributed by atoms with Crippen LogP contribution in [0.15, 0.2) is 24.3 Å². The highest BCUT2D eigenvalue weighted by atomic mass is 32.1. The van der Waals surface area contributed by atoms with E-state index in [9.17, 15) is 4.79 Å². The molecule has 24 heavy (non-hydrogen) atoms. The average Bonchev–Trinajstić information content (AvgIpc) is 3.18. The van der Waals surface area contributed by atoms with Gasteiger partial charge < -0.3 is 14.8 Å². The Morgan fingerprint density at radius 3 is 2.96 bits per heavy atom. The molecule has 0 saturated carbocycles. The number of H-pyrrole nitrogens is 1. The molecule has 6 heteroatoms. The number of fused-ring (bicyclic) bond motifs is 2. The van der Waals surface area contributed by atoms with E-state index in [-0.39, 0.29) is 5.91 Å². The number of amides is 1. The summed E-state index contributed by atoms with van der Waals surface area (Å²) in [6.07, 6.45) is 0.824. The smallest absolute Gasteiger partial charge is 0.270 e. The van der Waals surface area contributed by atoms with Gasteiger partial charge in [-0.1, -0.05) is 23.5 Å². The minimum atomic E-state index is 0.0658. The Hall–Kier alpha value is -2.34. The fourth-order valence-corrected chi connectivity index (χ4v) is 4.18. The van der Waals surface area contributed by atoms with Crippen molar-refractivity contribution in [2.24, 2.45) is 0 Å². The Labute approximate surface area is 144 Å². The minimum absolute atomic E-state index is 0.0658. The molecule has 5 nitrogen and oxygen atoms in total. The molecule has 2 aromatic heterocycles. The van der Waals surface area contributed by atoms with Crippen LogP contribution in [0.3, 0.4) is 0 Å². The summed E-state index contributed by atoms with van der Waals surface area (Å²) in [4.78, 5) is 26.0. The van der Waals surface area contributed by atoms with E-state index in [0.29, 0.717) is 12.2 Å². The van der Waals surface area contributed by atoms with Crippen LogP contribution in [0.2, 0.25) is 0 Å². The summed E-state index contributed by atoms with van der Waals surface area (Å²) in [5, 5.41) is 2.13. The summed E-state index contributed by atoms with van der Waals surface area (Å²) in [5.41, 5.74) is 4.01. The van der Waals surface area contributed by atoms with Gasteiger partial charge in [0.25, 0.3) is 5.91 Å². The molecule has 3 aromatic rings. The van der Waals surface area contributed by atoms with Crippen LogP contribution < -0.4 is 4.90 Å². The zero-order chi connectivity index (χ0) is 16.8. The average molecular weight is 340 g/mol. The van der Waals surface area contributed by atoms with Crippen molar-refractivity contribution in [1.29, 1.82) is 0 Å². The van der Waals surface area contributed by atoms with Crippen molar-refractivity contribution in [2.45, 2.75) is 19.9 Å². The van der Waals surface area contributed by atoms with Crippen LogP contribution in [-0.4, -0.2) is 41.4 Å². The van der Waals surface area contributed by atoms with Crippen molar-refractivity contribution >= 4 is 33.3 Å². The van der Waals surface area contributed by atoms with Crippen LogP contribution in [0.25, 0.3) is 10.9 Å². The van der Waals surface area contributed by atoms with Gasteiger partial charge in [0.05, 0.1) is 12.2 Å². The van der Waals surface area contributed by atoms with Crippen molar-refractivity contribution in [2.75, 3.05) is 25.5 Å². The maximum Gasteiger partial charge on any atom is 0.270 e. The van der Waals surface area contributed by atoms with Gasteiger partial charge in [-0.25, -0.2) is 4.98 Å². The second-order valence-electron chi connectivity index (χ2n) is 6.46. The molecule has 0 aliphatic carbocycles. The Kier molecular flexibility index (Phi) is 3.57. The predicted octanol–water partition coefficient (Wildman–Crippen LogP) is 3.20. The second kappa shape index (κ2) is 5.63. The third kappa shape index (κ3) is 2.47. The lowest BCUT2D eigenvalue weighted by atomic mass is 10.1. The second-order valence-corrected chi connectivity index (χ2v) is 7.52. The van der Waals surface area contributed by atoms with E-state index in [2.05, 4.69) is 23.0 Å². The Morgan fingerprint density at radius 2 is 2.21 bits per heavy atom. The lowest BCUT2D eigenvalue weighted by Gasteiger charge is -2.25. The van der Waals surface area contributed by atoms with E-state index in [1.54, 1.807) is 11.3 Å². The molecule has 0 fully saturated rings. The number of rotatable bonds is 2. The SMILES string of the molecule is Cc1cccc2[nH]c(C(=O)N3CCc4nc(N(C)C)sc4C3)cc12. The first-order valence-corrected chi connectivity index (χ1v) is 8.88. The van der Waals surface area contributed by atoms with Gasteiger partial charge >= 0.3 is 0 Å². The zero-order valence-electron chi connectivity index (χ0n) is 14.1. The van der Waals surface area contributed by atoms with Crippen molar-refractivity contribution in [3.05, 3.63) is 46.1 Å². The summed E-state index contributed by atoms with van der Waals surface area (Å²) in [7, 11) is 4.00. The largest absolute Gasteiger partial charge is 0.354 e. The van der Waals surface area contributed by atoms with Crippen molar-refractivity contribution in [3.63, 3.8) is 0 Å². The molecule has 1 aromatic carbocycles. The molecule has 4 rings (SSSR count). The van der Waals surface area contributed by atoms with Crippen LogP contribution in [0.1, 0.15) is 26.6 Å². The van der Waals surface area contributed by atoms with E-state index >= 15 is 0 Å². The standard InChI is InChI=1S/C18H20N4OS/c1-11-5-4-6-13-12(11)9-15(19-13)17(23)22-8-7-14-16(10-22)24-18(20-14)21(2)3/h4-6,9,19H,7-8,10H2,1-3H3. The van der Waals surface area contributed by atoms with Crippen molar-refractivity contribution in [1.82, 2.24) is 14.9 Å². The molecule has 1 aliphatic heterocycles. The van der Waals surface area contributed by atoms with Crippen LogP contribution in [0.5, 0.6) is 0 Å². The third-order valence-electron chi connectivity index (χ3n) is 4.50. The topological polar surface area (TPSA) is 52.2 Å². The fraction of sp³-hybridized carbons (Fsp3) is 0.333. The number of benzene rings is 1. The molecule has 1 N–H and O–H groups in total. The lowest BCUT2D eigenvalue weighted by Crippen LogP contribution is -2.35. The van der Waals surface area contributed by atoms with Crippen LogP contribution in [0.4, 0.5) is 5.13 Å². The Morgan fingerprint density at radius 1 is 1.38 bits per heavy atom. The first-order valence-electron chi connectivity index (χ1n) is 8.06. The molecule has 124 valence electrons. The highest BCUT2D eigenvalue weighted by Crippen LogP contribution is 2.30. The highest BCUT2D eigenvalue weighted by molar-refractivity contribution is 7.15. The number of aryl methyl sites for hydroxylation is 1. The molecule has 0 unspecified atom stereocenters. The number of hydrogen-bond donors (Lipinski definition) is 1. The molecular weight excluding hydrogens is 320 g/mol. The van der Waals surface area contributed by atoms with Gasteiger partial charge in [-0.2, -0.15) is 0 Å². The summed E-state index contributed by atoms with van der Waals surface area (Å²) in [6.45, 7) is 3.43. The molecule has 0 spiro atoms. The number of hydrogen-bond acceptors (Lipinski definition) is 4. The molecule has 0 saturated heterocycles. The normalized spacial score (nSPS) is 14.0.